The largest absolute Gasteiger partial charge is 0.439 e. The fraction of sp³-hybridized carbons (Fsp3) is 0.105. The lowest BCUT2D eigenvalue weighted by molar-refractivity contribution is 0.101. The number of aryl methyl sites for hydroxylation is 2. The van der Waals surface area contributed by atoms with E-state index in [-0.39, 0.29) is 11.6 Å². The smallest absolute Gasteiger partial charge is 0.277 e. The lowest BCUT2D eigenvalue weighted by Crippen LogP contribution is -2.12. The predicted octanol–water partition coefficient (Wildman–Crippen LogP) is 3.31. The number of hydrogen-bond donors (Lipinski definition) is 1. The number of aromatic nitrogens is 5. The summed E-state index contributed by atoms with van der Waals surface area (Å²) in [5, 5.41) is 6.44. The summed E-state index contributed by atoms with van der Waals surface area (Å²) >= 11 is 0. The molecule has 3 heterocycles. The second kappa shape index (κ2) is 7.31. The first-order valence-electron chi connectivity index (χ1n) is 8.43. The van der Waals surface area contributed by atoms with Gasteiger partial charge in [-0.3, -0.25) is 9.36 Å². The zero-order valence-corrected chi connectivity index (χ0v) is 15.2. The molecule has 9 nitrogen and oxygen atoms in total. The maximum atomic E-state index is 12.1. The summed E-state index contributed by atoms with van der Waals surface area (Å²) in [5.74, 6) is 2.45. The van der Waals surface area contributed by atoms with Gasteiger partial charge in [-0.1, -0.05) is 5.16 Å². The van der Waals surface area contributed by atoms with Gasteiger partial charge in [-0.2, -0.15) is 4.98 Å². The van der Waals surface area contributed by atoms with Crippen molar-refractivity contribution >= 4 is 11.6 Å². The van der Waals surface area contributed by atoms with E-state index in [4.69, 9.17) is 9.26 Å². The molecule has 1 amide bonds. The first kappa shape index (κ1) is 17.4. The molecular weight excluding hydrogens is 360 g/mol. The van der Waals surface area contributed by atoms with Crippen molar-refractivity contribution < 1.29 is 14.1 Å². The van der Waals surface area contributed by atoms with Crippen molar-refractivity contribution in [2.45, 2.75) is 13.8 Å². The normalized spacial score (nSPS) is 10.6. The van der Waals surface area contributed by atoms with E-state index in [2.05, 4.69) is 25.4 Å². The SMILES string of the molecule is Cc1nc(Oc2ccc(NC(=O)c3cc(C)on3)cc2)cc(-n2ccnc2)n1. The minimum absolute atomic E-state index is 0.223. The monoisotopic (exact) mass is 376 g/mol. The minimum Gasteiger partial charge on any atom is -0.439 e. The van der Waals surface area contributed by atoms with Gasteiger partial charge in [-0.05, 0) is 38.1 Å². The van der Waals surface area contributed by atoms with E-state index < -0.39 is 0 Å². The Kier molecular flexibility index (Phi) is 4.55. The van der Waals surface area contributed by atoms with Gasteiger partial charge in [0.1, 0.15) is 29.5 Å². The molecule has 0 atom stereocenters. The van der Waals surface area contributed by atoms with Crippen LogP contribution in [-0.2, 0) is 0 Å². The zero-order valence-electron chi connectivity index (χ0n) is 15.2. The highest BCUT2D eigenvalue weighted by atomic mass is 16.5. The Morgan fingerprint density at radius 1 is 1.14 bits per heavy atom. The molecule has 0 saturated carbocycles. The van der Waals surface area contributed by atoms with Crippen LogP contribution in [0.15, 0.2) is 59.6 Å². The molecule has 4 aromatic rings. The lowest BCUT2D eigenvalue weighted by Gasteiger charge is -2.09. The number of benzene rings is 1. The van der Waals surface area contributed by atoms with Crippen molar-refractivity contribution in [3.63, 3.8) is 0 Å². The van der Waals surface area contributed by atoms with Crippen LogP contribution in [0.25, 0.3) is 5.82 Å². The highest BCUT2D eigenvalue weighted by Gasteiger charge is 2.11. The number of anilines is 1. The summed E-state index contributed by atoms with van der Waals surface area (Å²) < 4.78 is 12.5. The highest BCUT2D eigenvalue weighted by Crippen LogP contribution is 2.23. The summed E-state index contributed by atoms with van der Waals surface area (Å²) in [5.41, 5.74) is 0.831. The van der Waals surface area contributed by atoms with Gasteiger partial charge in [-0.25, -0.2) is 9.97 Å². The third-order valence-corrected chi connectivity index (χ3v) is 3.77. The van der Waals surface area contributed by atoms with Crippen LogP contribution in [0.1, 0.15) is 22.1 Å². The summed E-state index contributed by atoms with van der Waals surface area (Å²) in [6, 6.07) is 10.2. The Morgan fingerprint density at radius 3 is 2.64 bits per heavy atom. The molecule has 0 aliphatic heterocycles. The van der Waals surface area contributed by atoms with Gasteiger partial charge >= 0.3 is 0 Å². The van der Waals surface area contributed by atoms with Crippen LogP contribution in [0, 0.1) is 13.8 Å². The Hall–Kier alpha value is -4.01. The maximum Gasteiger partial charge on any atom is 0.277 e. The number of nitrogens with zero attached hydrogens (tertiary/aromatic N) is 5. The van der Waals surface area contributed by atoms with E-state index in [0.29, 0.717) is 34.7 Å². The van der Waals surface area contributed by atoms with Gasteiger partial charge in [0.2, 0.25) is 5.88 Å². The van der Waals surface area contributed by atoms with Crippen molar-refractivity contribution in [3.8, 4) is 17.4 Å². The minimum atomic E-state index is -0.345. The van der Waals surface area contributed by atoms with E-state index in [0.717, 1.165) is 0 Å². The third-order valence-electron chi connectivity index (χ3n) is 3.77. The molecule has 3 aromatic heterocycles. The molecule has 28 heavy (non-hydrogen) atoms. The van der Waals surface area contributed by atoms with Crippen LogP contribution < -0.4 is 10.1 Å². The van der Waals surface area contributed by atoms with Crippen molar-refractivity contribution in [1.29, 1.82) is 0 Å². The van der Waals surface area contributed by atoms with Gasteiger partial charge in [0, 0.05) is 30.2 Å². The van der Waals surface area contributed by atoms with Crippen LogP contribution in [-0.4, -0.2) is 30.6 Å². The molecule has 0 fully saturated rings. The number of nitrogens with one attached hydrogen (secondary N) is 1. The number of carbonyl (C=O) groups excluding carboxylic acids is 1. The first-order chi connectivity index (χ1) is 13.6. The number of imidazole rings is 1. The van der Waals surface area contributed by atoms with Crippen molar-refractivity contribution in [2.24, 2.45) is 0 Å². The number of carbonyl (C=O) groups is 1. The Balaban J connectivity index is 1.47. The second-order valence-corrected chi connectivity index (χ2v) is 5.98. The Bertz CT molecular complexity index is 1100. The summed E-state index contributed by atoms with van der Waals surface area (Å²) in [4.78, 5) is 24.8. The second-order valence-electron chi connectivity index (χ2n) is 5.98. The molecule has 0 bridgehead atoms. The van der Waals surface area contributed by atoms with E-state index in [1.807, 2.05) is 0 Å². The van der Waals surface area contributed by atoms with Crippen molar-refractivity contribution in [1.82, 2.24) is 24.7 Å². The van der Waals surface area contributed by atoms with E-state index in [9.17, 15) is 4.79 Å². The Labute approximate surface area is 160 Å². The van der Waals surface area contributed by atoms with Crippen LogP contribution in [0.2, 0.25) is 0 Å². The molecular formula is C19H16N6O3. The standard InChI is InChI=1S/C19H16N6O3/c1-12-9-16(24-28-12)19(26)23-14-3-5-15(6-4-14)27-18-10-17(21-13(2)22-18)25-8-7-20-11-25/h3-11H,1-2H3,(H,23,26). The average Bonchev–Trinajstić information content (AvgIpc) is 3.35. The highest BCUT2D eigenvalue weighted by molar-refractivity contribution is 6.02. The molecule has 1 aromatic carbocycles. The van der Waals surface area contributed by atoms with Crippen molar-refractivity contribution in [2.75, 3.05) is 5.32 Å². The van der Waals surface area contributed by atoms with Crippen LogP contribution in [0.5, 0.6) is 11.6 Å². The average molecular weight is 376 g/mol. The van der Waals surface area contributed by atoms with Crippen molar-refractivity contribution in [3.05, 3.63) is 72.4 Å². The van der Waals surface area contributed by atoms with Gasteiger partial charge in [0.05, 0.1) is 0 Å². The number of ether oxygens (including phenoxy) is 1. The zero-order chi connectivity index (χ0) is 19.5. The van der Waals surface area contributed by atoms with Gasteiger partial charge in [-0.15, -0.1) is 0 Å². The molecule has 4 rings (SSSR count). The van der Waals surface area contributed by atoms with Crippen LogP contribution >= 0.6 is 0 Å². The van der Waals surface area contributed by atoms with Gasteiger partial charge in [0.25, 0.3) is 5.91 Å². The van der Waals surface area contributed by atoms with Gasteiger partial charge in [0.15, 0.2) is 5.69 Å². The first-order valence-corrected chi connectivity index (χ1v) is 8.43. The summed E-state index contributed by atoms with van der Waals surface area (Å²) in [6.45, 7) is 3.51. The molecule has 140 valence electrons. The summed E-state index contributed by atoms with van der Waals surface area (Å²) in [7, 11) is 0. The van der Waals surface area contributed by atoms with E-state index >= 15 is 0 Å². The van der Waals surface area contributed by atoms with E-state index in [1.54, 1.807) is 73.5 Å². The molecule has 0 radical (unpaired) electrons. The fourth-order valence-corrected chi connectivity index (χ4v) is 2.50. The fourth-order valence-electron chi connectivity index (χ4n) is 2.50. The summed E-state index contributed by atoms with van der Waals surface area (Å²) in [6.07, 6.45) is 5.12. The lowest BCUT2D eigenvalue weighted by atomic mass is 10.3. The quantitative estimate of drug-likeness (QED) is 0.569. The predicted molar refractivity (Wildman–Crippen MR) is 99.6 cm³/mol. The van der Waals surface area contributed by atoms with Crippen LogP contribution in [0.4, 0.5) is 5.69 Å². The maximum absolute atomic E-state index is 12.1. The molecule has 1 N–H and O–H groups in total. The van der Waals surface area contributed by atoms with E-state index in [1.165, 1.54) is 0 Å². The number of hydrogen-bond acceptors (Lipinski definition) is 7. The van der Waals surface area contributed by atoms with Gasteiger partial charge < -0.3 is 14.6 Å². The molecule has 0 aliphatic rings. The Morgan fingerprint density at radius 2 is 1.96 bits per heavy atom. The number of amides is 1. The molecule has 0 aliphatic carbocycles. The molecule has 0 spiro atoms. The van der Waals surface area contributed by atoms with Crippen LogP contribution in [0.3, 0.4) is 0 Å². The number of rotatable bonds is 5. The topological polar surface area (TPSA) is 108 Å². The molecule has 0 saturated heterocycles. The molecule has 0 unspecified atom stereocenters. The molecule has 9 heteroatoms. The third kappa shape index (κ3) is 3.88.